The molecule has 2 aromatic carbocycles. The standard InChI is InChI=1S/C16H12F2N2S/c17-13-6-5-11(7-14(13)18)21-16-10(8-19)9-20-15-4-2-1-3-12(15)16/h1-7,9H,8,19H2. The fourth-order valence-corrected chi connectivity index (χ4v) is 3.17. The van der Waals surface area contributed by atoms with Crippen LogP contribution in [0.3, 0.4) is 0 Å². The van der Waals surface area contributed by atoms with Crippen molar-refractivity contribution in [2.75, 3.05) is 0 Å². The monoisotopic (exact) mass is 302 g/mol. The molecule has 0 radical (unpaired) electrons. The van der Waals surface area contributed by atoms with Gasteiger partial charge >= 0.3 is 0 Å². The highest BCUT2D eigenvalue weighted by Gasteiger charge is 2.11. The summed E-state index contributed by atoms with van der Waals surface area (Å²) < 4.78 is 26.4. The van der Waals surface area contributed by atoms with Gasteiger partial charge in [-0.3, -0.25) is 4.98 Å². The number of halogens is 2. The van der Waals surface area contributed by atoms with E-state index in [-0.39, 0.29) is 0 Å². The molecule has 1 heterocycles. The van der Waals surface area contributed by atoms with Gasteiger partial charge in [0.05, 0.1) is 5.52 Å². The van der Waals surface area contributed by atoms with E-state index in [1.165, 1.54) is 17.8 Å². The number of para-hydroxylation sites is 1. The molecule has 0 aliphatic heterocycles. The number of nitrogens with zero attached hydrogens (tertiary/aromatic N) is 1. The summed E-state index contributed by atoms with van der Waals surface area (Å²) >= 11 is 1.36. The van der Waals surface area contributed by atoms with Crippen LogP contribution in [0.1, 0.15) is 5.56 Å². The SMILES string of the molecule is NCc1cnc2ccccc2c1Sc1ccc(F)c(F)c1. The largest absolute Gasteiger partial charge is 0.326 e. The topological polar surface area (TPSA) is 38.9 Å². The molecule has 0 amide bonds. The number of pyridine rings is 1. The zero-order valence-electron chi connectivity index (χ0n) is 11.0. The van der Waals surface area contributed by atoms with Crippen molar-refractivity contribution in [3.63, 3.8) is 0 Å². The lowest BCUT2D eigenvalue weighted by molar-refractivity contribution is 0.506. The minimum absolute atomic E-state index is 0.337. The Kier molecular flexibility index (Phi) is 3.86. The van der Waals surface area contributed by atoms with E-state index in [9.17, 15) is 8.78 Å². The van der Waals surface area contributed by atoms with Gasteiger partial charge in [-0.05, 0) is 29.8 Å². The predicted octanol–water partition coefficient (Wildman–Crippen LogP) is 4.12. The zero-order chi connectivity index (χ0) is 14.8. The highest BCUT2D eigenvalue weighted by molar-refractivity contribution is 7.99. The minimum Gasteiger partial charge on any atom is -0.326 e. The van der Waals surface area contributed by atoms with E-state index in [2.05, 4.69) is 4.98 Å². The molecule has 5 heteroatoms. The van der Waals surface area contributed by atoms with E-state index in [1.54, 1.807) is 12.3 Å². The van der Waals surface area contributed by atoms with E-state index < -0.39 is 11.6 Å². The van der Waals surface area contributed by atoms with Gasteiger partial charge in [0.1, 0.15) is 0 Å². The first-order chi connectivity index (χ1) is 10.2. The fourth-order valence-electron chi connectivity index (χ4n) is 2.08. The van der Waals surface area contributed by atoms with Gasteiger partial charge in [-0.1, -0.05) is 30.0 Å². The molecule has 3 aromatic rings. The molecule has 0 unspecified atom stereocenters. The Morgan fingerprint density at radius 2 is 1.86 bits per heavy atom. The van der Waals surface area contributed by atoms with Crippen LogP contribution in [0.5, 0.6) is 0 Å². The Labute approximate surface area is 125 Å². The molecule has 0 aliphatic rings. The molecule has 2 N–H and O–H groups in total. The van der Waals surface area contributed by atoms with Crippen LogP contribution in [-0.2, 0) is 6.54 Å². The second kappa shape index (κ2) is 5.79. The van der Waals surface area contributed by atoms with Gasteiger partial charge in [0.25, 0.3) is 0 Å². The first-order valence-electron chi connectivity index (χ1n) is 6.38. The Balaban J connectivity index is 2.11. The average Bonchev–Trinajstić information content (AvgIpc) is 2.51. The van der Waals surface area contributed by atoms with Crippen LogP contribution in [0.25, 0.3) is 10.9 Å². The van der Waals surface area contributed by atoms with E-state index in [0.717, 1.165) is 27.4 Å². The van der Waals surface area contributed by atoms with Crippen LogP contribution in [0.2, 0.25) is 0 Å². The third kappa shape index (κ3) is 2.75. The van der Waals surface area contributed by atoms with Crippen LogP contribution >= 0.6 is 11.8 Å². The van der Waals surface area contributed by atoms with Crippen LogP contribution in [0, 0.1) is 11.6 Å². The highest BCUT2D eigenvalue weighted by atomic mass is 32.2. The summed E-state index contributed by atoms with van der Waals surface area (Å²) in [4.78, 5) is 5.91. The first kappa shape index (κ1) is 14.0. The number of hydrogen-bond acceptors (Lipinski definition) is 3. The quantitative estimate of drug-likeness (QED) is 0.791. The van der Waals surface area contributed by atoms with E-state index in [0.29, 0.717) is 11.4 Å². The molecule has 0 spiro atoms. The summed E-state index contributed by atoms with van der Waals surface area (Å²) in [7, 11) is 0. The lowest BCUT2D eigenvalue weighted by atomic mass is 10.1. The summed E-state index contributed by atoms with van der Waals surface area (Å²) in [6.45, 7) is 0.337. The van der Waals surface area contributed by atoms with Crippen molar-refractivity contribution in [1.82, 2.24) is 4.98 Å². The number of fused-ring (bicyclic) bond motifs is 1. The Bertz CT molecular complexity index is 805. The van der Waals surface area contributed by atoms with Gasteiger partial charge in [-0.2, -0.15) is 0 Å². The molecular formula is C16H12F2N2S. The zero-order valence-corrected chi connectivity index (χ0v) is 11.8. The van der Waals surface area contributed by atoms with E-state index in [4.69, 9.17) is 5.73 Å². The van der Waals surface area contributed by atoms with Gasteiger partial charge in [0, 0.05) is 27.9 Å². The van der Waals surface area contributed by atoms with Crippen LogP contribution in [-0.4, -0.2) is 4.98 Å². The second-order valence-corrected chi connectivity index (χ2v) is 5.60. The molecule has 3 rings (SSSR count). The van der Waals surface area contributed by atoms with Crippen molar-refractivity contribution < 1.29 is 8.78 Å². The van der Waals surface area contributed by atoms with Crippen molar-refractivity contribution in [3.8, 4) is 0 Å². The maximum Gasteiger partial charge on any atom is 0.159 e. The summed E-state index contributed by atoms with van der Waals surface area (Å²) in [5, 5.41) is 0.954. The smallest absolute Gasteiger partial charge is 0.159 e. The van der Waals surface area contributed by atoms with Crippen molar-refractivity contribution in [1.29, 1.82) is 0 Å². The summed E-state index contributed by atoms with van der Waals surface area (Å²) in [5.74, 6) is -1.70. The molecule has 0 saturated carbocycles. The fraction of sp³-hybridized carbons (Fsp3) is 0.0625. The number of rotatable bonds is 3. The van der Waals surface area contributed by atoms with Crippen LogP contribution < -0.4 is 5.73 Å². The molecule has 2 nitrogen and oxygen atoms in total. The third-order valence-corrected chi connectivity index (χ3v) is 4.31. The highest BCUT2D eigenvalue weighted by Crippen LogP contribution is 2.35. The summed E-state index contributed by atoms with van der Waals surface area (Å²) in [5.41, 5.74) is 7.49. The molecule has 0 bridgehead atoms. The number of hydrogen-bond donors (Lipinski definition) is 1. The number of aromatic nitrogens is 1. The molecule has 0 aliphatic carbocycles. The van der Waals surface area contributed by atoms with E-state index >= 15 is 0 Å². The molecule has 0 atom stereocenters. The Hall–Kier alpha value is -1.98. The Morgan fingerprint density at radius 3 is 2.62 bits per heavy atom. The molecular weight excluding hydrogens is 290 g/mol. The lowest BCUT2D eigenvalue weighted by Gasteiger charge is -2.11. The van der Waals surface area contributed by atoms with E-state index in [1.807, 2.05) is 24.3 Å². The molecule has 21 heavy (non-hydrogen) atoms. The van der Waals surface area contributed by atoms with Gasteiger partial charge in [0.2, 0.25) is 0 Å². The molecule has 1 aromatic heterocycles. The van der Waals surface area contributed by atoms with Crippen molar-refractivity contribution in [2.45, 2.75) is 16.3 Å². The maximum atomic E-state index is 13.4. The molecule has 0 fully saturated rings. The minimum atomic E-state index is -0.854. The van der Waals surface area contributed by atoms with Crippen LogP contribution in [0.4, 0.5) is 8.78 Å². The number of nitrogens with two attached hydrogens (primary N) is 1. The van der Waals surface area contributed by atoms with Gasteiger partial charge in [-0.25, -0.2) is 8.78 Å². The first-order valence-corrected chi connectivity index (χ1v) is 7.20. The van der Waals surface area contributed by atoms with Gasteiger partial charge in [0.15, 0.2) is 11.6 Å². The summed E-state index contributed by atoms with van der Waals surface area (Å²) in [6.07, 6.45) is 1.73. The van der Waals surface area contributed by atoms with Crippen LogP contribution in [0.15, 0.2) is 58.5 Å². The van der Waals surface area contributed by atoms with Crippen molar-refractivity contribution >= 4 is 22.7 Å². The van der Waals surface area contributed by atoms with Gasteiger partial charge in [-0.15, -0.1) is 0 Å². The Morgan fingerprint density at radius 1 is 1.05 bits per heavy atom. The third-order valence-electron chi connectivity index (χ3n) is 3.13. The van der Waals surface area contributed by atoms with Gasteiger partial charge < -0.3 is 5.73 Å². The predicted molar refractivity (Wildman–Crippen MR) is 80.1 cm³/mol. The summed E-state index contributed by atoms with van der Waals surface area (Å²) in [6, 6.07) is 11.6. The number of benzene rings is 2. The maximum absolute atomic E-state index is 13.4. The van der Waals surface area contributed by atoms with Crippen molar-refractivity contribution in [2.24, 2.45) is 5.73 Å². The second-order valence-electron chi connectivity index (χ2n) is 4.51. The van der Waals surface area contributed by atoms with Crippen molar-refractivity contribution in [3.05, 3.63) is 65.9 Å². The normalized spacial score (nSPS) is 11.0. The average molecular weight is 302 g/mol. The molecule has 0 saturated heterocycles. The molecule has 106 valence electrons. The lowest BCUT2D eigenvalue weighted by Crippen LogP contribution is -2.00.